The van der Waals surface area contributed by atoms with Crippen molar-refractivity contribution >= 4 is 17.9 Å². The molecule has 3 fully saturated rings. The van der Waals surface area contributed by atoms with Crippen LogP contribution in [0.25, 0.3) is 6.08 Å². The van der Waals surface area contributed by atoms with Crippen LogP contribution in [-0.4, -0.2) is 72.3 Å². The van der Waals surface area contributed by atoms with Crippen molar-refractivity contribution in [2.45, 2.75) is 19.3 Å². The van der Waals surface area contributed by atoms with Gasteiger partial charge in [0.15, 0.2) is 0 Å². The zero-order valence-corrected chi connectivity index (χ0v) is 19.2. The first kappa shape index (κ1) is 21.9. The lowest BCUT2D eigenvalue weighted by Gasteiger charge is -2.36. The summed E-state index contributed by atoms with van der Waals surface area (Å²) in [6, 6.07) is 19.9. The number of hydrogen-bond donors (Lipinski definition) is 0. The number of nitrogens with zero attached hydrogens (tertiary/aromatic N) is 3. The summed E-state index contributed by atoms with van der Waals surface area (Å²) in [5.41, 5.74) is 2.12. The number of carbonyl (C=O) groups is 2. The lowest BCUT2D eigenvalue weighted by atomic mass is 9.90. The number of piperidine rings is 1. The van der Waals surface area contributed by atoms with Crippen LogP contribution in [0.3, 0.4) is 0 Å². The molecule has 1 aliphatic carbocycles. The van der Waals surface area contributed by atoms with E-state index in [-0.39, 0.29) is 17.2 Å². The first-order valence-corrected chi connectivity index (χ1v) is 12.2. The van der Waals surface area contributed by atoms with Gasteiger partial charge in [-0.3, -0.25) is 14.5 Å². The Balaban J connectivity index is 1.06. The maximum Gasteiger partial charge on any atom is 0.253 e. The summed E-state index contributed by atoms with van der Waals surface area (Å²) in [5, 5.41) is 0. The van der Waals surface area contributed by atoms with Gasteiger partial charge in [-0.15, -0.1) is 0 Å². The van der Waals surface area contributed by atoms with E-state index in [2.05, 4.69) is 46.2 Å². The zero-order chi connectivity index (χ0) is 22.7. The van der Waals surface area contributed by atoms with Gasteiger partial charge in [0.25, 0.3) is 5.91 Å². The van der Waals surface area contributed by atoms with Crippen LogP contribution in [-0.2, 0) is 4.79 Å². The molecule has 0 bridgehead atoms. The summed E-state index contributed by atoms with van der Waals surface area (Å²) in [6.45, 7) is 5.97. The quantitative estimate of drug-likeness (QED) is 0.706. The third-order valence-corrected chi connectivity index (χ3v) is 7.71. The van der Waals surface area contributed by atoms with E-state index < -0.39 is 0 Å². The summed E-state index contributed by atoms with van der Waals surface area (Å²) >= 11 is 0. The topological polar surface area (TPSA) is 43.9 Å². The Hall–Kier alpha value is -2.92. The summed E-state index contributed by atoms with van der Waals surface area (Å²) in [7, 11) is 0. The molecule has 5 nitrogen and oxygen atoms in total. The van der Waals surface area contributed by atoms with Gasteiger partial charge in [-0.2, -0.15) is 0 Å². The van der Waals surface area contributed by atoms with Gasteiger partial charge in [-0.1, -0.05) is 60.7 Å². The zero-order valence-electron chi connectivity index (χ0n) is 19.2. The number of likely N-dealkylation sites (tertiary alicyclic amines) is 1. The Labute approximate surface area is 196 Å². The molecule has 1 saturated carbocycles. The lowest BCUT2D eigenvalue weighted by molar-refractivity contribution is -0.135. The number of amides is 2. The van der Waals surface area contributed by atoms with E-state index in [1.54, 1.807) is 0 Å². The van der Waals surface area contributed by atoms with Gasteiger partial charge in [0.2, 0.25) is 5.91 Å². The summed E-state index contributed by atoms with van der Waals surface area (Å²) in [4.78, 5) is 32.4. The highest BCUT2D eigenvalue weighted by atomic mass is 16.2. The molecule has 1 atom stereocenters. The first-order chi connectivity index (χ1) is 16.1. The SMILES string of the molecule is O=C(c1ccccc1)N1CCC2(CC1)C[C@H]2C(=O)N1CCN(C/C=C/c2ccccc2)CC1. The van der Waals surface area contributed by atoms with Crippen LogP contribution in [0.5, 0.6) is 0 Å². The molecule has 0 N–H and O–H groups in total. The van der Waals surface area contributed by atoms with Crippen molar-refractivity contribution < 1.29 is 9.59 Å². The van der Waals surface area contributed by atoms with Crippen LogP contribution >= 0.6 is 0 Å². The monoisotopic (exact) mass is 443 g/mol. The Morgan fingerprint density at radius 1 is 0.818 bits per heavy atom. The molecule has 172 valence electrons. The summed E-state index contributed by atoms with van der Waals surface area (Å²) < 4.78 is 0. The van der Waals surface area contributed by atoms with Crippen molar-refractivity contribution in [1.82, 2.24) is 14.7 Å². The van der Waals surface area contributed by atoms with Crippen LogP contribution < -0.4 is 0 Å². The molecule has 5 rings (SSSR count). The fraction of sp³-hybridized carbons (Fsp3) is 0.429. The van der Waals surface area contributed by atoms with Gasteiger partial charge in [-0.05, 0) is 42.4 Å². The average Bonchev–Trinajstić information content (AvgIpc) is 3.58. The third-order valence-electron chi connectivity index (χ3n) is 7.71. The minimum Gasteiger partial charge on any atom is -0.340 e. The minimum absolute atomic E-state index is 0.117. The number of rotatable bonds is 5. The van der Waals surface area contributed by atoms with E-state index in [4.69, 9.17) is 0 Å². The second-order valence-electron chi connectivity index (χ2n) is 9.72. The van der Waals surface area contributed by atoms with Crippen molar-refractivity contribution in [2.75, 3.05) is 45.8 Å². The maximum atomic E-state index is 13.2. The molecule has 3 aliphatic rings. The molecule has 2 aromatic carbocycles. The molecule has 0 unspecified atom stereocenters. The van der Waals surface area contributed by atoms with Gasteiger partial charge in [0.05, 0.1) is 0 Å². The van der Waals surface area contributed by atoms with Crippen molar-refractivity contribution in [3.63, 3.8) is 0 Å². The van der Waals surface area contributed by atoms with E-state index in [0.717, 1.165) is 70.6 Å². The average molecular weight is 444 g/mol. The molecule has 5 heteroatoms. The molecule has 2 amide bonds. The highest BCUT2D eigenvalue weighted by molar-refractivity contribution is 5.94. The largest absolute Gasteiger partial charge is 0.340 e. The van der Waals surface area contributed by atoms with Crippen LogP contribution in [0.15, 0.2) is 66.7 Å². The number of carbonyl (C=O) groups excluding carboxylic acids is 2. The highest BCUT2D eigenvalue weighted by Crippen LogP contribution is 2.60. The number of hydrogen-bond acceptors (Lipinski definition) is 3. The van der Waals surface area contributed by atoms with Gasteiger partial charge >= 0.3 is 0 Å². The van der Waals surface area contributed by atoms with E-state index >= 15 is 0 Å². The molecule has 2 aliphatic heterocycles. The molecule has 2 aromatic rings. The van der Waals surface area contributed by atoms with Crippen molar-refractivity contribution in [2.24, 2.45) is 11.3 Å². The fourth-order valence-corrected chi connectivity index (χ4v) is 5.44. The van der Waals surface area contributed by atoms with Gasteiger partial charge in [0.1, 0.15) is 0 Å². The Morgan fingerprint density at radius 2 is 1.45 bits per heavy atom. The van der Waals surface area contributed by atoms with Gasteiger partial charge < -0.3 is 9.80 Å². The standard InChI is InChI=1S/C28H33N3O2/c32-26(24-11-5-2-6-12-24)30-16-13-28(14-17-30)22-25(28)27(33)31-20-18-29(19-21-31)15-7-10-23-8-3-1-4-9-23/h1-12,25H,13-22H2/b10-7+/t25-/m0/s1. The minimum atomic E-state index is 0.117. The smallest absolute Gasteiger partial charge is 0.253 e. The van der Waals surface area contributed by atoms with E-state index in [0.29, 0.717) is 5.91 Å². The van der Waals surface area contributed by atoms with E-state index in [9.17, 15) is 9.59 Å². The predicted molar refractivity (Wildman–Crippen MR) is 131 cm³/mol. The molecule has 0 aromatic heterocycles. The van der Waals surface area contributed by atoms with E-state index in [1.165, 1.54) is 5.56 Å². The van der Waals surface area contributed by atoms with Crippen LogP contribution in [0, 0.1) is 11.3 Å². The normalized spacial score (nSPS) is 22.6. The van der Waals surface area contributed by atoms with Crippen LogP contribution in [0.2, 0.25) is 0 Å². The molecule has 33 heavy (non-hydrogen) atoms. The molecule has 2 saturated heterocycles. The molecule has 2 heterocycles. The number of piperazine rings is 1. The molecule has 0 radical (unpaired) electrons. The highest BCUT2D eigenvalue weighted by Gasteiger charge is 2.59. The van der Waals surface area contributed by atoms with Crippen molar-refractivity contribution in [1.29, 1.82) is 0 Å². The van der Waals surface area contributed by atoms with Crippen molar-refractivity contribution in [3.8, 4) is 0 Å². The van der Waals surface area contributed by atoms with E-state index in [1.807, 2.05) is 41.3 Å². The van der Waals surface area contributed by atoms with Crippen LogP contribution in [0.4, 0.5) is 0 Å². The molecular weight excluding hydrogens is 410 g/mol. The summed E-state index contributed by atoms with van der Waals surface area (Å²) in [5.74, 6) is 0.625. The van der Waals surface area contributed by atoms with Gasteiger partial charge in [0, 0.05) is 57.3 Å². The lowest BCUT2D eigenvalue weighted by Crippen LogP contribution is -2.49. The van der Waals surface area contributed by atoms with Crippen LogP contribution in [0.1, 0.15) is 35.2 Å². The van der Waals surface area contributed by atoms with Crippen molar-refractivity contribution in [3.05, 3.63) is 77.9 Å². The summed E-state index contributed by atoms with van der Waals surface area (Å²) in [6.07, 6.45) is 7.28. The Morgan fingerprint density at radius 3 is 2.12 bits per heavy atom. The second-order valence-corrected chi connectivity index (χ2v) is 9.72. The predicted octanol–water partition coefficient (Wildman–Crippen LogP) is 3.79. The molecule has 1 spiro atoms. The van der Waals surface area contributed by atoms with Gasteiger partial charge in [-0.25, -0.2) is 0 Å². The number of benzene rings is 2. The molecular formula is C28H33N3O2. The fourth-order valence-electron chi connectivity index (χ4n) is 5.44. The third kappa shape index (κ3) is 4.88. The first-order valence-electron chi connectivity index (χ1n) is 12.2. The Bertz CT molecular complexity index is 988. The Kier molecular flexibility index (Phi) is 6.32. The second kappa shape index (κ2) is 9.52. The maximum absolute atomic E-state index is 13.2.